The number of non-ortho nitro benzene ring substituents is 1. The van der Waals surface area contributed by atoms with Gasteiger partial charge in [-0.1, -0.05) is 18.2 Å². The third-order valence-electron chi connectivity index (χ3n) is 4.92. The van der Waals surface area contributed by atoms with Crippen LogP contribution in [0.2, 0.25) is 0 Å². The Morgan fingerprint density at radius 2 is 1.94 bits per heavy atom. The molecule has 2 aromatic rings. The first-order valence-corrected chi connectivity index (χ1v) is 11.5. The fourth-order valence-electron chi connectivity index (χ4n) is 3.26. The van der Waals surface area contributed by atoms with Crippen molar-refractivity contribution in [3.63, 3.8) is 0 Å². The van der Waals surface area contributed by atoms with Crippen LogP contribution in [0.5, 0.6) is 0 Å². The Labute approximate surface area is 204 Å². The summed E-state index contributed by atoms with van der Waals surface area (Å²) >= 11 is 1.84. The molecule has 0 saturated carbocycles. The second kappa shape index (κ2) is 13.4. The molecule has 10 heteroatoms. The minimum atomic E-state index is -0.382. The standard InChI is InChI=1S/C21H28N6O2S.HI/c1-30-16-4-11-23-21(24-17-18-6-8-19(9-7-18)27(28)29)26-14-12-25(13-15-26)20-5-2-3-10-22-20;/h2-3,5-10H,4,11-17H2,1H3,(H,23,24);1H. The summed E-state index contributed by atoms with van der Waals surface area (Å²) in [6.45, 7) is 4.88. The molecule has 3 rings (SSSR count). The molecule has 168 valence electrons. The number of nitrogens with zero attached hydrogens (tertiary/aromatic N) is 5. The number of benzene rings is 1. The molecule has 1 N–H and O–H groups in total. The highest BCUT2D eigenvalue weighted by atomic mass is 127. The predicted molar refractivity (Wildman–Crippen MR) is 139 cm³/mol. The van der Waals surface area contributed by atoms with Crippen LogP contribution in [-0.2, 0) is 6.54 Å². The van der Waals surface area contributed by atoms with Crippen molar-refractivity contribution in [3.05, 3.63) is 64.3 Å². The molecule has 0 bridgehead atoms. The van der Waals surface area contributed by atoms with E-state index in [0.29, 0.717) is 6.54 Å². The molecule has 1 saturated heterocycles. The van der Waals surface area contributed by atoms with Gasteiger partial charge in [0.05, 0.1) is 11.5 Å². The van der Waals surface area contributed by atoms with Crippen LogP contribution in [0.25, 0.3) is 0 Å². The van der Waals surface area contributed by atoms with E-state index in [4.69, 9.17) is 4.99 Å². The number of hydrogen-bond acceptors (Lipinski definition) is 6. The average Bonchev–Trinajstić information content (AvgIpc) is 2.79. The number of aromatic nitrogens is 1. The van der Waals surface area contributed by atoms with Crippen molar-refractivity contribution in [1.82, 2.24) is 15.2 Å². The Hall–Kier alpha value is -2.08. The first-order valence-electron chi connectivity index (χ1n) is 10.1. The summed E-state index contributed by atoms with van der Waals surface area (Å²) < 4.78 is 0. The average molecular weight is 556 g/mol. The van der Waals surface area contributed by atoms with Gasteiger partial charge in [-0.05, 0) is 36.1 Å². The summed E-state index contributed by atoms with van der Waals surface area (Å²) in [5, 5.41) is 14.3. The van der Waals surface area contributed by atoms with Crippen LogP contribution in [0, 0.1) is 10.1 Å². The number of guanidine groups is 1. The second-order valence-corrected chi connectivity index (χ2v) is 7.98. The zero-order valence-corrected chi connectivity index (χ0v) is 20.8. The molecule has 0 aliphatic carbocycles. The van der Waals surface area contributed by atoms with Crippen molar-refractivity contribution in [2.24, 2.45) is 4.99 Å². The Morgan fingerprint density at radius 3 is 2.55 bits per heavy atom. The van der Waals surface area contributed by atoms with Crippen molar-refractivity contribution in [1.29, 1.82) is 0 Å². The van der Waals surface area contributed by atoms with E-state index in [0.717, 1.165) is 62.2 Å². The second-order valence-electron chi connectivity index (χ2n) is 7.00. The molecule has 1 aromatic carbocycles. The Morgan fingerprint density at radius 1 is 1.19 bits per heavy atom. The predicted octanol–water partition coefficient (Wildman–Crippen LogP) is 3.63. The van der Waals surface area contributed by atoms with Crippen LogP contribution in [0.15, 0.2) is 53.7 Å². The van der Waals surface area contributed by atoms with Crippen molar-refractivity contribution < 1.29 is 4.92 Å². The maximum absolute atomic E-state index is 10.8. The van der Waals surface area contributed by atoms with Gasteiger partial charge in [-0.25, -0.2) is 9.98 Å². The molecular formula is C21H29IN6O2S. The van der Waals surface area contributed by atoms with Crippen LogP contribution >= 0.6 is 35.7 Å². The Bertz CT molecular complexity index is 830. The van der Waals surface area contributed by atoms with Gasteiger partial charge in [-0.15, -0.1) is 24.0 Å². The number of hydrogen-bond donors (Lipinski definition) is 1. The van der Waals surface area contributed by atoms with Crippen molar-refractivity contribution >= 4 is 53.2 Å². The maximum atomic E-state index is 10.8. The lowest BCUT2D eigenvalue weighted by Crippen LogP contribution is -2.53. The molecule has 2 heterocycles. The van der Waals surface area contributed by atoms with Gasteiger partial charge >= 0.3 is 0 Å². The lowest BCUT2D eigenvalue weighted by atomic mass is 10.2. The van der Waals surface area contributed by atoms with Crippen molar-refractivity contribution in [3.8, 4) is 0 Å². The third-order valence-corrected chi connectivity index (χ3v) is 5.62. The SMILES string of the molecule is CSCCCNC(=NCc1ccc([N+](=O)[O-])cc1)N1CCN(c2ccccn2)CC1.I. The van der Waals surface area contributed by atoms with E-state index in [-0.39, 0.29) is 34.6 Å². The van der Waals surface area contributed by atoms with E-state index in [1.807, 2.05) is 36.2 Å². The summed E-state index contributed by atoms with van der Waals surface area (Å²) in [6, 6.07) is 12.6. The molecular weight excluding hydrogens is 527 g/mol. The number of aliphatic imine (C=N–C) groups is 1. The molecule has 1 fully saturated rings. The zero-order valence-electron chi connectivity index (χ0n) is 17.6. The minimum absolute atomic E-state index is 0. The third kappa shape index (κ3) is 7.84. The smallest absolute Gasteiger partial charge is 0.269 e. The molecule has 1 aliphatic heterocycles. The van der Waals surface area contributed by atoms with Gasteiger partial charge in [0.2, 0.25) is 0 Å². The Kier molecular flexibility index (Phi) is 10.9. The number of nitro benzene ring substituents is 1. The van der Waals surface area contributed by atoms with Gasteiger partial charge < -0.3 is 15.1 Å². The highest BCUT2D eigenvalue weighted by Crippen LogP contribution is 2.14. The number of anilines is 1. The van der Waals surface area contributed by atoms with Crippen molar-refractivity contribution in [2.45, 2.75) is 13.0 Å². The molecule has 31 heavy (non-hydrogen) atoms. The van der Waals surface area contributed by atoms with Gasteiger partial charge in [0.25, 0.3) is 5.69 Å². The van der Waals surface area contributed by atoms with Crippen molar-refractivity contribution in [2.75, 3.05) is 49.6 Å². The van der Waals surface area contributed by atoms with E-state index >= 15 is 0 Å². The van der Waals surface area contributed by atoms with E-state index in [1.165, 1.54) is 12.1 Å². The van der Waals surface area contributed by atoms with Crippen LogP contribution in [0.1, 0.15) is 12.0 Å². The number of rotatable bonds is 8. The molecule has 8 nitrogen and oxygen atoms in total. The molecule has 0 radical (unpaired) electrons. The molecule has 1 aromatic heterocycles. The highest BCUT2D eigenvalue weighted by molar-refractivity contribution is 14.0. The van der Waals surface area contributed by atoms with Gasteiger partial charge in [0, 0.05) is 51.1 Å². The summed E-state index contributed by atoms with van der Waals surface area (Å²) in [7, 11) is 0. The number of halogens is 1. The normalized spacial score (nSPS) is 14.2. The zero-order chi connectivity index (χ0) is 21.2. The van der Waals surface area contributed by atoms with E-state index in [1.54, 1.807) is 12.1 Å². The molecule has 0 spiro atoms. The minimum Gasteiger partial charge on any atom is -0.356 e. The van der Waals surface area contributed by atoms with Crippen LogP contribution < -0.4 is 10.2 Å². The monoisotopic (exact) mass is 556 g/mol. The lowest BCUT2D eigenvalue weighted by Gasteiger charge is -2.37. The van der Waals surface area contributed by atoms with Crippen LogP contribution in [0.3, 0.4) is 0 Å². The summed E-state index contributed by atoms with van der Waals surface area (Å²) in [5.41, 5.74) is 1.06. The molecule has 1 aliphatic rings. The number of piperazine rings is 1. The van der Waals surface area contributed by atoms with Crippen LogP contribution in [0.4, 0.5) is 11.5 Å². The molecule has 0 amide bonds. The number of nitrogens with one attached hydrogen (secondary N) is 1. The van der Waals surface area contributed by atoms with Gasteiger partial charge in [-0.2, -0.15) is 11.8 Å². The lowest BCUT2D eigenvalue weighted by molar-refractivity contribution is -0.384. The van der Waals surface area contributed by atoms with Gasteiger partial charge in [0.1, 0.15) is 5.82 Å². The Balaban J connectivity index is 0.00000341. The molecule has 0 atom stereocenters. The first kappa shape index (κ1) is 25.2. The van der Waals surface area contributed by atoms with Gasteiger partial charge in [-0.3, -0.25) is 10.1 Å². The quantitative estimate of drug-likeness (QED) is 0.133. The number of thioether (sulfide) groups is 1. The number of pyridine rings is 1. The summed E-state index contributed by atoms with van der Waals surface area (Å²) in [4.78, 5) is 24.3. The maximum Gasteiger partial charge on any atom is 0.269 e. The molecule has 0 unspecified atom stereocenters. The largest absolute Gasteiger partial charge is 0.356 e. The highest BCUT2D eigenvalue weighted by Gasteiger charge is 2.20. The topological polar surface area (TPSA) is 86.9 Å². The van der Waals surface area contributed by atoms with E-state index in [2.05, 4.69) is 26.4 Å². The van der Waals surface area contributed by atoms with Gasteiger partial charge in [0.15, 0.2) is 5.96 Å². The fraction of sp³-hybridized carbons (Fsp3) is 0.429. The fourth-order valence-corrected chi connectivity index (χ4v) is 3.69. The number of nitro groups is 1. The van der Waals surface area contributed by atoms with E-state index in [9.17, 15) is 10.1 Å². The summed E-state index contributed by atoms with van der Waals surface area (Å²) in [5.74, 6) is 3.01. The summed E-state index contributed by atoms with van der Waals surface area (Å²) in [6.07, 6.45) is 5.01. The van der Waals surface area contributed by atoms with Crippen LogP contribution in [-0.4, -0.2) is 65.5 Å². The van der Waals surface area contributed by atoms with E-state index < -0.39 is 0 Å². The first-order chi connectivity index (χ1) is 14.7.